The first-order valence-electron chi connectivity index (χ1n) is 6.57. The lowest BCUT2D eigenvalue weighted by Crippen LogP contribution is -2.41. The van der Waals surface area contributed by atoms with Crippen molar-refractivity contribution in [2.75, 3.05) is 13.2 Å². The average molecular weight is 269 g/mol. The molecule has 0 radical (unpaired) electrons. The summed E-state index contributed by atoms with van der Waals surface area (Å²) in [6, 6.07) is 0. The van der Waals surface area contributed by atoms with Gasteiger partial charge >= 0.3 is 6.18 Å². The predicted molar refractivity (Wildman–Crippen MR) is 67.7 cm³/mol. The van der Waals surface area contributed by atoms with E-state index < -0.39 is 12.6 Å². The number of alkyl halides is 3. The highest BCUT2D eigenvalue weighted by Gasteiger charge is 2.26. The van der Waals surface area contributed by atoms with Crippen molar-refractivity contribution in [1.29, 1.82) is 0 Å². The maximum absolute atomic E-state index is 12.0. The molecule has 0 saturated heterocycles. The van der Waals surface area contributed by atoms with Gasteiger partial charge in [0.05, 0.1) is 6.10 Å². The van der Waals surface area contributed by atoms with E-state index in [9.17, 15) is 13.2 Å². The number of hydrogen-bond donors (Lipinski definition) is 1. The highest BCUT2D eigenvalue weighted by atomic mass is 19.4. The zero-order chi connectivity index (χ0) is 14.2. The molecule has 0 aliphatic carbocycles. The summed E-state index contributed by atoms with van der Waals surface area (Å²) in [5.41, 5.74) is 0.00131. The highest BCUT2D eigenvalue weighted by Crippen LogP contribution is 2.21. The Labute approximate surface area is 108 Å². The topological polar surface area (TPSA) is 21.3 Å². The summed E-state index contributed by atoms with van der Waals surface area (Å²) in [6.45, 7) is 9.07. The second kappa shape index (κ2) is 8.00. The summed E-state index contributed by atoms with van der Waals surface area (Å²) in [7, 11) is 0. The lowest BCUT2D eigenvalue weighted by Gasteiger charge is -2.25. The Hall–Kier alpha value is -0.290. The van der Waals surface area contributed by atoms with Crippen LogP contribution in [0.4, 0.5) is 13.2 Å². The van der Waals surface area contributed by atoms with E-state index in [1.165, 1.54) is 0 Å². The van der Waals surface area contributed by atoms with Crippen molar-refractivity contribution in [3.05, 3.63) is 0 Å². The van der Waals surface area contributed by atoms with Crippen molar-refractivity contribution in [2.45, 2.75) is 71.2 Å². The van der Waals surface area contributed by atoms with Crippen LogP contribution in [0.5, 0.6) is 0 Å². The molecule has 0 aliphatic heterocycles. The highest BCUT2D eigenvalue weighted by molar-refractivity contribution is 4.73. The van der Waals surface area contributed by atoms with Crippen LogP contribution in [0, 0.1) is 0 Å². The SMILES string of the molecule is CCCC(CNC(C)(C)C)OCCCC(F)(F)F. The summed E-state index contributed by atoms with van der Waals surface area (Å²) in [5.74, 6) is 0. The van der Waals surface area contributed by atoms with E-state index in [-0.39, 0.29) is 24.7 Å². The number of ether oxygens (including phenoxy) is 1. The van der Waals surface area contributed by atoms with Crippen LogP contribution in [-0.4, -0.2) is 31.0 Å². The van der Waals surface area contributed by atoms with Crippen LogP contribution in [-0.2, 0) is 4.74 Å². The van der Waals surface area contributed by atoms with Gasteiger partial charge in [-0.15, -0.1) is 0 Å². The van der Waals surface area contributed by atoms with Crippen LogP contribution in [0.2, 0.25) is 0 Å². The number of rotatable bonds is 8. The van der Waals surface area contributed by atoms with E-state index >= 15 is 0 Å². The summed E-state index contributed by atoms with van der Waals surface area (Å²) < 4.78 is 41.4. The van der Waals surface area contributed by atoms with Crippen molar-refractivity contribution in [3.63, 3.8) is 0 Å². The standard InChI is InChI=1S/C13H26F3NO/c1-5-7-11(10-17-12(2,3)4)18-9-6-8-13(14,15)16/h11,17H,5-10H2,1-4H3. The van der Waals surface area contributed by atoms with Crippen molar-refractivity contribution in [1.82, 2.24) is 5.32 Å². The first kappa shape index (κ1) is 17.7. The molecule has 0 amide bonds. The molecule has 0 aromatic carbocycles. The molecule has 110 valence electrons. The molecule has 1 unspecified atom stereocenters. The van der Waals surface area contributed by atoms with Gasteiger partial charge in [-0.05, 0) is 33.6 Å². The van der Waals surface area contributed by atoms with Gasteiger partial charge in [0.1, 0.15) is 0 Å². The summed E-state index contributed by atoms with van der Waals surface area (Å²) in [5, 5.41) is 3.32. The zero-order valence-electron chi connectivity index (χ0n) is 11.9. The van der Waals surface area contributed by atoms with E-state index in [2.05, 4.69) is 26.1 Å². The van der Waals surface area contributed by atoms with Crippen molar-refractivity contribution in [3.8, 4) is 0 Å². The fraction of sp³-hybridized carbons (Fsp3) is 1.00. The molecule has 0 fully saturated rings. The normalized spacial score (nSPS) is 14.8. The molecule has 18 heavy (non-hydrogen) atoms. The first-order valence-corrected chi connectivity index (χ1v) is 6.57. The van der Waals surface area contributed by atoms with Crippen LogP contribution in [0.25, 0.3) is 0 Å². The second-order valence-electron chi connectivity index (χ2n) is 5.63. The van der Waals surface area contributed by atoms with Crippen molar-refractivity contribution < 1.29 is 17.9 Å². The predicted octanol–water partition coefficient (Wildman–Crippen LogP) is 3.90. The smallest absolute Gasteiger partial charge is 0.377 e. The minimum absolute atomic E-state index is 0.00131. The largest absolute Gasteiger partial charge is 0.389 e. The molecule has 0 saturated carbocycles. The molecular weight excluding hydrogens is 243 g/mol. The van der Waals surface area contributed by atoms with Crippen molar-refractivity contribution in [2.24, 2.45) is 0 Å². The maximum Gasteiger partial charge on any atom is 0.389 e. The fourth-order valence-electron chi connectivity index (χ4n) is 1.51. The third-order valence-corrected chi connectivity index (χ3v) is 2.43. The van der Waals surface area contributed by atoms with Gasteiger partial charge in [-0.3, -0.25) is 0 Å². The van der Waals surface area contributed by atoms with Crippen LogP contribution < -0.4 is 5.32 Å². The molecule has 2 nitrogen and oxygen atoms in total. The second-order valence-corrected chi connectivity index (χ2v) is 5.63. The fourth-order valence-corrected chi connectivity index (χ4v) is 1.51. The molecule has 0 aromatic rings. The zero-order valence-corrected chi connectivity index (χ0v) is 11.9. The van der Waals surface area contributed by atoms with Gasteiger partial charge in [0.25, 0.3) is 0 Å². The third kappa shape index (κ3) is 12.2. The number of nitrogens with one attached hydrogen (secondary N) is 1. The Morgan fingerprint density at radius 1 is 1.17 bits per heavy atom. The van der Waals surface area contributed by atoms with E-state index in [1.807, 2.05) is 6.92 Å². The van der Waals surface area contributed by atoms with Crippen molar-refractivity contribution >= 4 is 0 Å². The van der Waals surface area contributed by atoms with Gasteiger partial charge in [-0.2, -0.15) is 13.2 Å². The van der Waals surface area contributed by atoms with Crippen LogP contribution >= 0.6 is 0 Å². The van der Waals surface area contributed by atoms with Gasteiger partial charge in [0.15, 0.2) is 0 Å². The van der Waals surface area contributed by atoms with E-state index in [0.29, 0.717) is 6.54 Å². The maximum atomic E-state index is 12.0. The average Bonchev–Trinajstić information content (AvgIpc) is 2.18. The van der Waals surface area contributed by atoms with E-state index in [4.69, 9.17) is 4.74 Å². The molecule has 1 N–H and O–H groups in total. The molecule has 1 atom stereocenters. The van der Waals surface area contributed by atoms with Gasteiger partial charge < -0.3 is 10.1 Å². The van der Waals surface area contributed by atoms with Gasteiger partial charge in [-0.1, -0.05) is 13.3 Å². The summed E-state index contributed by atoms with van der Waals surface area (Å²) >= 11 is 0. The number of hydrogen-bond acceptors (Lipinski definition) is 2. The number of halogens is 3. The van der Waals surface area contributed by atoms with Crippen LogP contribution in [0.1, 0.15) is 53.4 Å². The minimum Gasteiger partial charge on any atom is -0.377 e. The monoisotopic (exact) mass is 269 g/mol. The summed E-state index contributed by atoms with van der Waals surface area (Å²) in [4.78, 5) is 0. The Balaban J connectivity index is 3.83. The van der Waals surface area contributed by atoms with E-state index in [1.54, 1.807) is 0 Å². The molecule has 0 bridgehead atoms. The van der Waals surface area contributed by atoms with Crippen LogP contribution in [0.3, 0.4) is 0 Å². The molecule has 0 spiro atoms. The molecular formula is C13H26F3NO. The Morgan fingerprint density at radius 2 is 1.78 bits per heavy atom. The van der Waals surface area contributed by atoms with Crippen LogP contribution in [0.15, 0.2) is 0 Å². The molecule has 0 rings (SSSR count). The molecule has 0 aromatic heterocycles. The van der Waals surface area contributed by atoms with Gasteiger partial charge in [0.2, 0.25) is 0 Å². The Morgan fingerprint density at radius 3 is 2.22 bits per heavy atom. The molecule has 5 heteroatoms. The molecule has 0 aliphatic rings. The third-order valence-electron chi connectivity index (χ3n) is 2.43. The van der Waals surface area contributed by atoms with Gasteiger partial charge in [0, 0.05) is 25.1 Å². The minimum atomic E-state index is -4.08. The first-order chi connectivity index (χ1) is 8.14. The van der Waals surface area contributed by atoms with E-state index in [0.717, 1.165) is 12.8 Å². The Bertz CT molecular complexity index is 211. The van der Waals surface area contributed by atoms with Gasteiger partial charge in [-0.25, -0.2) is 0 Å². The summed E-state index contributed by atoms with van der Waals surface area (Å²) in [6.07, 6.45) is -2.96. The molecule has 0 heterocycles. The Kier molecular flexibility index (Phi) is 7.87. The lowest BCUT2D eigenvalue weighted by molar-refractivity contribution is -0.139. The lowest BCUT2D eigenvalue weighted by atomic mass is 10.1. The quantitative estimate of drug-likeness (QED) is 0.675.